The maximum Gasteiger partial charge on any atom is 0.273 e. The van der Waals surface area contributed by atoms with Crippen LogP contribution in [0.3, 0.4) is 0 Å². The molecule has 0 atom stereocenters. The van der Waals surface area contributed by atoms with Gasteiger partial charge in [-0.3, -0.25) is 9.36 Å². The second-order valence-electron chi connectivity index (χ2n) is 9.37. The molecule has 0 spiro atoms. The molecule has 0 N–H and O–H groups in total. The Morgan fingerprint density at radius 1 is 1.03 bits per heavy atom. The monoisotopic (exact) mass is 553 g/mol. The summed E-state index contributed by atoms with van der Waals surface area (Å²) < 4.78 is 7.49. The van der Waals surface area contributed by atoms with Crippen LogP contribution in [0.4, 0.5) is 0 Å². The van der Waals surface area contributed by atoms with E-state index in [4.69, 9.17) is 9.72 Å². The van der Waals surface area contributed by atoms with E-state index in [0.717, 1.165) is 39.4 Å². The normalized spacial score (nSPS) is 12.8. The predicted molar refractivity (Wildman–Crippen MR) is 155 cm³/mol. The number of aromatic nitrogens is 4. The Bertz CT molecular complexity index is 1630. The average molecular weight is 554 g/mol. The van der Waals surface area contributed by atoms with Gasteiger partial charge >= 0.3 is 0 Å². The molecule has 3 aromatic carbocycles. The maximum absolute atomic E-state index is 13.2. The summed E-state index contributed by atoms with van der Waals surface area (Å²) in [6.45, 7) is 3.41. The lowest BCUT2D eigenvalue weighted by Gasteiger charge is -2.28. The summed E-state index contributed by atoms with van der Waals surface area (Å²) in [4.78, 5) is 19.8. The lowest BCUT2D eigenvalue weighted by molar-refractivity contribution is 0.0729. The number of ether oxygens (including phenoxy) is 1. The zero-order valence-corrected chi connectivity index (χ0v) is 23.3. The number of carbonyl (C=O) groups excluding carboxylic acids is 1. The molecule has 1 aliphatic rings. The van der Waals surface area contributed by atoms with Crippen LogP contribution < -0.4 is 4.74 Å². The molecule has 0 aliphatic carbocycles. The molecule has 1 amide bonds. The number of carbonyl (C=O) groups is 1. The van der Waals surface area contributed by atoms with Gasteiger partial charge in [0.1, 0.15) is 16.5 Å². The van der Waals surface area contributed by atoms with Crippen LogP contribution in [0.25, 0.3) is 17.1 Å². The predicted octanol–water partition coefficient (Wildman–Crippen LogP) is 6.20. The SMILES string of the molecule is COc1cccc(-c2nnc(SCc3nc(C(=O)N4CCc5ccccc5C4)cs3)n2-c2ccc(C)cc2)c1. The van der Waals surface area contributed by atoms with Gasteiger partial charge in [0.2, 0.25) is 0 Å². The summed E-state index contributed by atoms with van der Waals surface area (Å²) >= 11 is 3.06. The summed E-state index contributed by atoms with van der Waals surface area (Å²) in [6, 6.07) is 24.5. The highest BCUT2D eigenvalue weighted by molar-refractivity contribution is 7.98. The van der Waals surface area contributed by atoms with Crippen molar-refractivity contribution in [2.24, 2.45) is 0 Å². The first-order valence-electron chi connectivity index (χ1n) is 12.7. The third-order valence-electron chi connectivity index (χ3n) is 6.77. The molecular weight excluding hydrogens is 526 g/mol. The number of thioether (sulfide) groups is 1. The second kappa shape index (κ2) is 11.0. The number of methoxy groups -OCH3 is 1. The highest BCUT2D eigenvalue weighted by atomic mass is 32.2. The summed E-state index contributed by atoms with van der Waals surface area (Å²) in [5.41, 5.74) is 6.12. The van der Waals surface area contributed by atoms with E-state index >= 15 is 0 Å². The van der Waals surface area contributed by atoms with Crippen LogP contribution in [0.5, 0.6) is 5.75 Å². The third kappa shape index (κ3) is 5.32. The van der Waals surface area contributed by atoms with Crippen molar-refractivity contribution in [2.45, 2.75) is 30.8 Å². The highest BCUT2D eigenvalue weighted by Gasteiger charge is 2.24. The molecule has 0 saturated heterocycles. The molecule has 196 valence electrons. The second-order valence-corrected chi connectivity index (χ2v) is 11.3. The van der Waals surface area contributed by atoms with Crippen LogP contribution in [0, 0.1) is 6.92 Å². The van der Waals surface area contributed by atoms with Crippen LogP contribution in [0.2, 0.25) is 0 Å². The van der Waals surface area contributed by atoms with Crippen molar-refractivity contribution in [3.8, 4) is 22.8 Å². The van der Waals surface area contributed by atoms with E-state index in [1.165, 1.54) is 28.0 Å². The molecule has 7 nitrogen and oxygen atoms in total. The number of aryl methyl sites for hydroxylation is 1. The Morgan fingerprint density at radius 3 is 2.67 bits per heavy atom. The summed E-state index contributed by atoms with van der Waals surface area (Å²) in [7, 11) is 1.66. The van der Waals surface area contributed by atoms with Crippen LogP contribution in [0.1, 0.15) is 32.2 Å². The van der Waals surface area contributed by atoms with Gasteiger partial charge in [-0.1, -0.05) is 65.9 Å². The summed E-state index contributed by atoms with van der Waals surface area (Å²) in [5, 5.41) is 12.6. The number of benzene rings is 3. The Labute approximate surface area is 235 Å². The zero-order chi connectivity index (χ0) is 26.8. The van der Waals surface area contributed by atoms with Crippen LogP contribution in [-0.2, 0) is 18.7 Å². The largest absolute Gasteiger partial charge is 0.497 e. The van der Waals surface area contributed by atoms with Crippen molar-refractivity contribution in [1.82, 2.24) is 24.6 Å². The number of rotatable bonds is 7. The smallest absolute Gasteiger partial charge is 0.273 e. The molecule has 0 radical (unpaired) electrons. The van der Waals surface area contributed by atoms with E-state index in [0.29, 0.717) is 24.5 Å². The van der Waals surface area contributed by atoms with E-state index in [-0.39, 0.29) is 5.91 Å². The summed E-state index contributed by atoms with van der Waals surface area (Å²) in [5.74, 6) is 2.07. The van der Waals surface area contributed by atoms with Crippen LogP contribution in [0.15, 0.2) is 83.3 Å². The Morgan fingerprint density at radius 2 is 1.85 bits per heavy atom. The lowest BCUT2D eigenvalue weighted by atomic mass is 10.00. The van der Waals surface area contributed by atoms with Gasteiger partial charge in [-0.05, 0) is 48.7 Å². The van der Waals surface area contributed by atoms with Gasteiger partial charge in [0, 0.05) is 29.7 Å². The number of hydrogen-bond donors (Lipinski definition) is 0. The Hall–Kier alpha value is -3.95. The van der Waals surface area contributed by atoms with E-state index in [9.17, 15) is 4.79 Å². The molecule has 2 aromatic heterocycles. The molecule has 0 bridgehead atoms. The standard InChI is InChI=1S/C30H27N5O2S2/c1-20-10-12-24(13-11-20)35-28(22-8-5-9-25(16-22)37-2)32-33-30(35)39-19-27-31-26(18-38-27)29(36)34-15-14-21-6-3-4-7-23(21)17-34/h3-13,16,18H,14-15,17,19H2,1-2H3. The van der Waals surface area contributed by atoms with Crippen molar-refractivity contribution in [2.75, 3.05) is 13.7 Å². The molecule has 6 rings (SSSR count). The minimum atomic E-state index is -0.0138. The number of hydrogen-bond acceptors (Lipinski definition) is 7. The van der Waals surface area contributed by atoms with E-state index < -0.39 is 0 Å². The number of nitrogens with zero attached hydrogens (tertiary/aromatic N) is 5. The average Bonchev–Trinajstić information content (AvgIpc) is 3.63. The molecule has 5 aromatic rings. The first kappa shape index (κ1) is 25.3. The van der Waals surface area contributed by atoms with Crippen molar-refractivity contribution < 1.29 is 9.53 Å². The molecule has 0 saturated carbocycles. The van der Waals surface area contributed by atoms with Gasteiger partial charge in [-0.15, -0.1) is 21.5 Å². The van der Waals surface area contributed by atoms with E-state index in [1.54, 1.807) is 18.9 Å². The Balaban J connectivity index is 1.22. The number of fused-ring (bicyclic) bond motifs is 1. The quantitative estimate of drug-likeness (QED) is 0.224. The van der Waals surface area contributed by atoms with Crippen LogP contribution in [-0.4, -0.2) is 44.2 Å². The first-order chi connectivity index (χ1) is 19.1. The highest BCUT2D eigenvalue weighted by Crippen LogP contribution is 2.32. The molecule has 0 fully saturated rings. The van der Waals surface area contributed by atoms with Gasteiger partial charge in [0.25, 0.3) is 5.91 Å². The van der Waals surface area contributed by atoms with E-state index in [2.05, 4.69) is 64.2 Å². The van der Waals surface area contributed by atoms with Gasteiger partial charge in [-0.2, -0.15) is 0 Å². The fraction of sp³-hybridized carbons (Fsp3) is 0.200. The lowest BCUT2D eigenvalue weighted by Crippen LogP contribution is -2.36. The van der Waals surface area contributed by atoms with Gasteiger partial charge in [0.15, 0.2) is 11.0 Å². The molecule has 9 heteroatoms. The van der Waals surface area contributed by atoms with E-state index in [1.807, 2.05) is 40.6 Å². The van der Waals surface area contributed by atoms with Crippen LogP contribution >= 0.6 is 23.1 Å². The fourth-order valence-corrected chi connectivity index (χ4v) is 6.41. The molecular formula is C30H27N5O2S2. The first-order valence-corrected chi connectivity index (χ1v) is 14.6. The van der Waals surface area contributed by atoms with Gasteiger partial charge in [0.05, 0.1) is 12.9 Å². The van der Waals surface area contributed by atoms with Crippen molar-refractivity contribution in [3.05, 3.63) is 106 Å². The summed E-state index contributed by atoms with van der Waals surface area (Å²) in [6.07, 6.45) is 0.874. The zero-order valence-electron chi connectivity index (χ0n) is 21.7. The molecule has 39 heavy (non-hydrogen) atoms. The molecule has 0 unspecified atom stereocenters. The Kier molecular flexibility index (Phi) is 7.17. The fourth-order valence-electron chi connectivity index (χ4n) is 4.67. The minimum Gasteiger partial charge on any atom is -0.497 e. The third-order valence-corrected chi connectivity index (χ3v) is 8.74. The number of thiazole rings is 1. The van der Waals surface area contributed by atoms with Gasteiger partial charge in [-0.25, -0.2) is 4.98 Å². The maximum atomic E-state index is 13.2. The van der Waals surface area contributed by atoms with Crippen molar-refractivity contribution in [3.63, 3.8) is 0 Å². The van der Waals surface area contributed by atoms with Crippen molar-refractivity contribution in [1.29, 1.82) is 0 Å². The van der Waals surface area contributed by atoms with Gasteiger partial charge < -0.3 is 9.64 Å². The minimum absolute atomic E-state index is 0.0138. The molecule has 3 heterocycles. The number of amides is 1. The topological polar surface area (TPSA) is 73.1 Å². The van der Waals surface area contributed by atoms with Crippen molar-refractivity contribution >= 4 is 29.0 Å². The molecule has 1 aliphatic heterocycles.